The fourth-order valence-corrected chi connectivity index (χ4v) is 5.29. The lowest BCUT2D eigenvalue weighted by Gasteiger charge is -2.22. The molecular formula is C24H27BrClN7O2. The molecule has 1 aliphatic carbocycles. The van der Waals surface area contributed by atoms with Crippen molar-refractivity contribution in [2.75, 3.05) is 19.0 Å². The summed E-state index contributed by atoms with van der Waals surface area (Å²) in [5, 5.41) is 22.2. The molecule has 2 atom stereocenters. The highest BCUT2D eigenvalue weighted by Crippen LogP contribution is 2.39. The van der Waals surface area contributed by atoms with Gasteiger partial charge in [-0.3, -0.25) is 9.78 Å². The summed E-state index contributed by atoms with van der Waals surface area (Å²) in [5.74, 6) is 0.574. The van der Waals surface area contributed by atoms with E-state index in [-0.39, 0.29) is 36.4 Å². The molecule has 1 fully saturated rings. The monoisotopic (exact) mass is 559 g/mol. The van der Waals surface area contributed by atoms with Gasteiger partial charge in [0.2, 0.25) is 11.9 Å². The van der Waals surface area contributed by atoms with E-state index in [2.05, 4.69) is 41.6 Å². The molecule has 1 saturated carbocycles. The van der Waals surface area contributed by atoms with Gasteiger partial charge < -0.3 is 15.7 Å². The highest BCUT2D eigenvalue weighted by atomic mass is 79.9. The van der Waals surface area contributed by atoms with Gasteiger partial charge in [0, 0.05) is 42.9 Å². The lowest BCUT2D eigenvalue weighted by molar-refractivity contribution is -0.129. The molecule has 1 aromatic carbocycles. The van der Waals surface area contributed by atoms with Crippen LogP contribution < -0.4 is 10.6 Å². The van der Waals surface area contributed by atoms with Gasteiger partial charge in [0.25, 0.3) is 0 Å². The van der Waals surface area contributed by atoms with Crippen LogP contribution in [-0.2, 0) is 11.2 Å². The molecule has 0 spiro atoms. The van der Waals surface area contributed by atoms with Crippen LogP contribution in [0.5, 0.6) is 0 Å². The molecule has 3 heterocycles. The SMILES string of the molecule is CNC(=O)[C@]1(C)CC[C@@H](Nc2ncc3c(Br)nn(-c4cc(CCO)c5ncccc5c4)c3n2)C1.Cl. The number of benzene rings is 1. The van der Waals surface area contributed by atoms with Crippen LogP contribution >= 0.6 is 28.3 Å². The van der Waals surface area contributed by atoms with Crippen molar-refractivity contribution in [3.8, 4) is 5.69 Å². The Balaban J connectivity index is 0.00000289. The average molecular weight is 561 g/mol. The zero-order valence-electron chi connectivity index (χ0n) is 19.5. The zero-order chi connectivity index (χ0) is 23.9. The molecule has 9 nitrogen and oxygen atoms in total. The van der Waals surface area contributed by atoms with Crippen LogP contribution in [0.25, 0.3) is 27.6 Å². The number of nitrogens with one attached hydrogen (secondary N) is 2. The Morgan fingerprint density at radius 2 is 2.17 bits per heavy atom. The van der Waals surface area contributed by atoms with Crippen molar-refractivity contribution in [3.63, 3.8) is 0 Å². The van der Waals surface area contributed by atoms with Gasteiger partial charge >= 0.3 is 0 Å². The number of halogens is 2. The molecule has 0 saturated heterocycles. The molecular weight excluding hydrogens is 534 g/mol. The number of nitrogens with zero attached hydrogens (tertiary/aromatic N) is 5. The topological polar surface area (TPSA) is 118 Å². The quantitative estimate of drug-likeness (QED) is 0.328. The van der Waals surface area contributed by atoms with E-state index in [0.29, 0.717) is 22.6 Å². The van der Waals surface area contributed by atoms with Gasteiger partial charge in [-0.25, -0.2) is 9.67 Å². The van der Waals surface area contributed by atoms with E-state index in [1.54, 1.807) is 24.1 Å². The number of hydrogen-bond acceptors (Lipinski definition) is 7. The predicted molar refractivity (Wildman–Crippen MR) is 141 cm³/mol. The number of hydrogen-bond donors (Lipinski definition) is 3. The predicted octanol–water partition coefficient (Wildman–Crippen LogP) is 3.80. The second kappa shape index (κ2) is 10.0. The van der Waals surface area contributed by atoms with Gasteiger partial charge in [-0.15, -0.1) is 12.4 Å². The summed E-state index contributed by atoms with van der Waals surface area (Å²) in [6.45, 7) is 2.04. The molecule has 1 aliphatic rings. The number of anilines is 1. The average Bonchev–Trinajstić information content (AvgIpc) is 3.38. The fourth-order valence-electron chi connectivity index (χ4n) is 4.86. The number of aliphatic hydroxyl groups excluding tert-OH is 1. The van der Waals surface area contributed by atoms with Crippen LogP contribution in [0.1, 0.15) is 31.7 Å². The summed E-state index contributed by atoms with van der Waals surface area (Å²) in [5.41, 5.74) is 2.92. The van der Waals surface area contributed by atoms with Crippen LogP contribution in [0, 0.1) is 5.41 Å². The lowest BCUT2D eigenvalue weighted by Crippen LogP contribution is -2.35. The molecule has 3 aromatic heterocycles. The third-order valence-electron chi connectivity index (χ3n) is 6.62. The maximum absolute atomic E-state index is 12.3. The smallest absolute Gasteiger partial charge is 0.225 e. The van der Waals surface area contributed by atoms with Gasteiger partial charge in [-0.2, -0.15) is 10.1 Å². The Bertz CT molecular complexity index is 1400. The van der Waals surface area contributed by atoms with E-state index < -0.39 is 0 Å². The van der Waals surface area contributed by atoms with E-state index >= 15 is 0 Å². The number of fused-ring (bicyclic) bond motifs is 2. The molecule has 0 radical (unpaired) electrons. The Kier molecular flexibility index (Phi) is 7.25. The minimum absolute atomic E-state index is 0. The number of aliphatic hydroxyl groups is 1. The van der Waals surface area contributed by atoms with Crippen LogP contribution in [-0.4, -0.2) is 55.4 Å². The van der Waals surface area contributed by atoms with Crippen molar-refractivity contribution in [2.24, 2.45) is 5.41 Å². The minimum Gasteiger partial charge on any atom is -0.396 e. The minimum atomic E-state index is -0.385. The maximum atomic E-state index is 12.3. The number of aromatic nitrogens is 5. The summed E-state index contributed by atoms with van der Waals surface area (Å²) >= 11 is 3.54. The molecule has 0 aliphatic heterocycles. The van der Waals surface area contributed by atoms with Crippen molar-refractivity contribution < 1.29 is 9.90 Å². The first kappa shape index (κ1) is 25.3. The van der Waals surface area contributed by atoms with Crippen molar-refractivity contribution in [2.45, 2.75) is 38.6 Å². The van der Waals surface area contributed by atoms with Crippen molar-refractivity contribution in [1.82, 2.24) is 30.0 Å². The summed E-state index contributed by atoms with van der Waals surface area (Å²) in [6.07, 6.45) is 6.41. The Labute approximate surface area is 217 Å². The van der Waals surface area contributed by atoms with Gasteiger partial charge in [0.15, 0.2) is 5.65 Å². The van der Waals surface area contributed by atoms with Crippen LogP contribution in [0.4, 0.5) is 5.95 Å². The highest BCUT2D eigenvalue weighted by molar-refractivity contribution is 9.10. The van der Waals surface area contributed by atoms with E-state index in [9.17, 15) is 9.90 Å². The normalized spacial score (nSPS) is 19.6. The van der Waals surface area contributed by atoms with Crippen molar-refractivity contribution in [1.29, 1.82) is 0 Å². The Hall–Kier alpha value is -2.82. The first-order valence-electron chi connectivity index (χ1n) is 11.3. The van der Waals surface area contributed by atoms with Crippen molar-refractivity contribution >= 4 is 62.1 Å². The van der Waals surface area contributed by atoms with Gasteiger partial charge in [0.1, 0.15) is 4.60 Å². The molecule has 184 valence electrons. The third kappa shape index (κ3) is 4.70. The summed E-state index contributed by atoms with van der Waals surface area (Å²) in [4.78, 5) is 26.0. The molecule has 1 amide bonds. The number of amides is 1. The first-order chi connectivity index (χ1) is 16.4. The zero-order valence-corrected chi connectivity index (χ0v) is 21.9. The van der Waals surface area contributed by atoms with Gasteiger partial charge in [0.05, 0.1) is 16.6 Å². The second-order valence-electron chi connectivity index (χ2n) is 9.01. The van der Waals surface area contributed by atoms with E-state index in [0.717, 1.165) is 46.8 Å². The molecule has 11 heteroatoms. The number of pyridine rings is 1. The van der Waals surface area contributed by atoms with Crippen molar-refractivity contribution in [3.05, 3.63) is 46.8 Å². The van der Waals surface area contributed by atoms with E-state index in [1.165, 1.54) is 0 Å². The first-order valence-corrected chi connectivity index (χ1v) is 12.1. The third-order valence-corrected chi connectivity index (χ3v) is 7.21. The van der Waals surface area contributed by atoms with Crippen LogP contribution in [0.2, 0.25) is 0 Å². The molecule has 35 heavy (non-hydrogen) atoms. The highest BCUT2D eigenvalue weighted by Gasteiger charge is 2.41. The summed E-state index contributed by atoms with van der Waals surface area (Å²) in [7, 11) is 1.68. The van der Waals surface area contributed by atoms with Gasteiger partial charge in [-0.05, 0) is 65.4 Å². The Morgan fingerprint density at radius 3 is 2.94 bits per heavy atom. The molecule has 0 unspecified atom stereocenters. The molecule has 5 rings (SSSR count). The summed E-state index contributed by atoms with van der Waals surface area (Å²) in [6, 6.07) is 8.01. The Morgan fingerprint density at radius 1 is 1.34 bits per heavy atom. The number of carbonyl (C=O) groups is 1. The lowest BCUT2D eigenvalue weighted by atomic mass is 9.87. The number of carbonyl (C=O) groups excluding carboxylic acids is 1. The van der Waals surface area contributed by atoms with E-state index in [1.807, 2.05) is 31.2 Å². The molecule has 3 N–H and O–H groups in total. The number of rotatable bonds is 6. The van der Waals surface area contributed by atoms with Crippen LogP contribution in [0.15, 0.2) is 41.3 Å². The maximum Gasteiger partial charge on any atom is 0.225 e. The fraction of sp³-hybridized carbons (Fsp3) is 0.375. The second-order valence-corrected chi connectivity index (χ2v) is 9.76. The van der Waals surface area contributed by atoms with E-state index in [4.69, 9.17) is 4.98 Å². The molecule has 4 aromatic rings. The standard InChI is InChI=1S/C24H26BrN7O2.ClH/c1-24(22(34)26-2)7-5-16(12-24)29-23-28-13-18-20(25)31-32(21(18)30-23)17-10-14-4-3-8-27-19(14)15(11-17)6-9-33;/h3-4,8,10-11,13,16,33H,5-7,9,12H2,1-2H3,(H,26,34)(H,28,29,30);1H/t16-,24-;/m1./s1. The largest absolute Gasteiger partial charge is 0.396 e. The summed E-state index contributed by atoms with van der Waals surface area (Å²) < 4.78 is 2.43. The van der Waals surface area contributed by atoms with Gasteiger partial charge in [-0.1, -0.05) is 13.0 Å². The van der Waals surface area contributed by atoms with Crippen LogP contribution in [0.3, 0.4) is 0 Å². The molecule has 0 bridgehead atoms.